The van der Waals surface area contributed by atoms with Crippen molar-refractivity contribution >= 4 is 0 Å². The molecule has 0 bridgehead atoms. The number of nitrogens with zero attached hydrogens (tertiary/aromatic N) is 3. The topological polar surface area (TPSA) is 66.5 Å². The summed E-state index contributed by atoms with van der Waals surface area (Å²) in [5.41, 5.74) is 2.08. The minimum atomic E-state index is 0.255. The van der Waals surface area contributed by atoms with Crippen molar-refractivity contribution in [2.24, 2.45) is 0 Å². The molecule has 1 atom stereocenters. The van der Waals surface area contributed by atoms with Gasteiger partial charge in [0.05, 0.1) is 11.9 Å². The van der Waals surface area contributed by atoms with Crippen LogP contribution in [0.25, 0.3) is 0 Å². The molecule has 2 heterocycles. The lowest BCUT2D eigenvalue weighted by molar-refractivity contribution is 0.567. The normalized spacial score (nSPS) is 12.6. The fraction of sp³-hybridized carbons (Fsp3) is 0.300. The molecule has 5 heteroatoms. The molecule has 0 saturated heterocycles. The van der Waals surface area contributed by atoms with Gasteiger partial charge in [0.15, 0.2) is 0 Å². The van der Waals surface area contributed by atoms with Crippen LogP contribution in [0, 0.1) is 0 Å². The summed E-state index contributed by atoms with van der Waals surface area (Å²) in [5.74, 6) is 0. The van der Waals surface area contributed by atoms with Gasteiger partial charge in [0.1, 0.15) is 0 Å². The SMILES string of the molecule is CC(NCc1cnccn1)c1cn[nH]c1. The third-order valence-corrected chi connectivity index (χ3v) is 2.23. The summed E-state index contributed by atoms with van der Waals surface area (Å²) in [6.45, 7) is 2.79. The third-order valence-electron chi connectivity index (χ3n) is 2.23. The second-order valence-corrected chi connectivity index (χ2v) is 3.33. The number of nitrogens with one attached hydrogen (secondary N) is 2. The molecule has 2 rings (SSSR count). The molecule has 0 amide bonds. The van der Waals surface area contributed by atoms with Crippen LogP contribution in [-0.4, -0.2) is 20.2 Å². The molecular weight excluding hydrogens is 190 g/mol. The summed E-state index contributed by atoms with van der Waals surface area (Å²) in [4.78, 5) is 8.19. The molecule has 15 heavy (non-hydrogen) atoms. The van der Waals surface area contributed by atoms with E-state index in [2.05, 4.69) is 32.4 Å². The van der Waals surface area contributed by atoms with E-state index >= 15 is 0 Å². The van der Waals surface area contributed by atoms with Gasteiger partial charge in [0, 0.05) is 42.9 Å². The minimum Gasteiger partial charge on any atom is -0.304 e. The van der Waals surface area contributed by atoms with Gasteiger partial charge in [0.25, 0.3) is 0 Å². The van der Waals surface area contributed by atoms with E-state index < -0.39 is 0 Å². The van der Waals surface area contributed by atoms with E-state index in [1.807, 2.05) is 12.4 Å². The maximum Gasteiger partial charge on any atom is 0.0724 e. The number of H-pyrrole nitrogens is 1. The minimum absolute atomic E-state index is 0.255. The van der Waals surface area contributed by atoms with Gasteiger partial charge < -0.3 is 5.32 Å². The number of aromatic nitrogens is 4. The van der Waals surface area contributed by atoms with E-state index in [1.165, 1.54) is 0 Å². The molecule has 0 fully saturated rings. The van der Waals surface area contributed by atoms with Crippen LogP contribution >= 0.6 is 0 Å². The Morgan fingerprint density at radius 1 is 1.40 bits per heavy atom. The summed E-state index contributed by atoms with van der Waals surface area (Å²) < 4.78 is 0. The standard InChI is InChI=1S/C10H13N5/c1-8(9-4-14-15-5-9)13-7-10-6-11-2-3-12-10/h2-6,8,13H,7H2,1H3,(H,14,15). The molecule has 0 aliphatic carbocycles. The predicted octanol–water partition coefficient (Wildman–Crippen LogP) is 1.05. The molecule has 5 nitrogen and oxygen atoms in total. The molecule has 2 N–H and O–H groups in total. The Labute approximate surface area is 88.0 Å². The molecule has 0 radical (unpaired) electrons. The predicted molar refractivity (Wildman–Crippen MR) is 55.9 cm³/mol. The van der Waals surface area contributed by atoms with Crippen LogP contribution in [0.15, 0.2) is 31.0 Å². The lowest BCUT2D eigenvalue weighted by Gasteiger charge is -2.10. The quantitative estimate of drug-likeness (QED) is 0.779. The Hall–Kier alpha value is -1.75. The van der Waals surface area contributed by atoms with Gasteiger partial charge in [-0.25, -0.2) is 0 Å². The molecule has 0 aliphatic heterocycles. The lowest BCUT2D eigenvalue weighted by Crippen LogP contribution is -2.18. The summed E-state index contributed by atoms with van der Waals surface area (Å²) >= 11 is 0. The zero-order valence-corrected chi connectivity index (χ0v) is 8.51. The van der Waals surface area contributed by atoms with Crippen LogP contribution < -0.4 is 5.32 Å². The maximum absolute atomic E-state index is 4.18. The first kappa shape index (κ1) is 9.79. The average Bonchev–Trinajstić information content (AvgIpc) is 2.81. The van der Waals surface area contributed by atoms with Gasteiger partial charge in [-0.1, -0.05) is 0 Å². The Morgan fingerprint density at radius 3 is 3.00 bits per heavy atom. The Bertz CT molecular complexity index is 383. The first-order valence-electron chi connectivity index (χ1n) is 4.83. The largest absolute Gasteiger partial charge is 0.304 e. The lowest BCUT2D eigenvalue weighted by atomic mass is 10.2. The molecule has 2 aromatic rings. The Balaban J connectivity index is 1.89. The number of aromatic amines is 1. The van der Waals surface area contributed by atoms with Crippen LogP contribution in [0.5, 0.6) is 0 Å². The fourth-order valence-corrected chi connectivity index (χ4v) is 1.29. The number of hydrogen-bond donors (Lipinski definition) is 2. The smallest absolute Gasteiger partial charge is 0.0724 e. The summed E-state index contributed by atoms with van der Waals surface area (Å²) in [5, 5.41) is 10.0. The van der Waals surface area contributed by atoms with Gasteiger partial charge in [-0.15, -0.1) is 0 Å². The molecule has 0 aliphatic rings. The highest BCUT2D eigenvalue weighted by molar-refractivity contribution is 5.08. The van der Waals surface area contributed by atoms with Crippen molar-refractivity contribution in [2.75, 3.05) is 0 Å². The Kier molecular flexibility index (Phi) is 3.04. The van der Waals surface area contributed by atoms with Gasteiger partial charge in [-0.3, -0.25) is 15.1 Å². The van der Waals surface area contributed by atoms with Gasteiger partial charge in [0.2, 0.25) is 0 Å². The van der Waals surface area contributed by atoms with Crippen molar-refractivity contribution in [3.8, 4) is 0 Å². The van der Waals surface area contributed by atoms with Crippen LogP contribution in [0.1, 0.15) is 24.2 Å². The van der Waals surface area contributed by atoms with E-state index in [9.17, 15) is 0 Å². The van der Waals surface area contributed by atoms with Crippen LogP contribution in [0.2, 0.25) is 0 Å². The van der Waals surface area contributed by atoms with Crippen molar-refractivity contribution in [2.45, 2.75) is 19.5 Å². The third kappa shape index (κ3) is 2.60. The first-order valence-corrected chi connectivity index (χ1v) is 4.83. The van der Waals surface area contributed by atoms with E-state index in [0.29, 0.717) is 6.54 Å². The molecule has 1 unspecified atom stereocenters. The van der Waals surface area contributed by atoms with Crippen LogP contribution in [0.4, 0.5) is 0 Å². The molecular formula is C10H13N5. The van der Waals surface area contributed by atoms with Crippen molar-refractivity contribution in [3.63, 3.8) is 0 Å². The van der Waals surface area contributed by atoms with Crippen molar-refractivity contribution in [1.29, 1.82) is 0 Å². The summed E-state index contributed by atoms with van der Waals surface area (Å²) in [7, 11) is 0. The van der Waals surface area contributed by atoms with Crippen molar-refractivity contribution in [1.82, 2.24) is 25.5 Å². The van der Waals surface area contributed by atoms with E-state index in [1.54, 1.807) is 18.6 Å². The summed E-state index contributed by atoms with van der Waals surface area (Å²) in [6.07, 6.45) is 8.82. The molecule has 0 saturated carbocycles. The fourth-order valence-electron chi connectivity index (χ4n) is 1.29. The molecule has 78 valence electrons. The van der Waals surface area contributed by atoms with E-state index in [-0.39, 0.29) is 6.04 Å². The van der Waals surface area contributed by atoms with E-state index in [0.717, 1.165) is 11.3 Å². The first-order chi connectivity index (χ1) is 7.36. The van der Waals surface area contributed by atoms with Gasteiger partial charge >= 0.3 is 0 Å². The van der Waals surface area contributed by atoms with Gasteiger partial charge in [-0.2, -0.15) is 5.10 Å². The van der Waals surface area contributed by atoms with Crippen LogP contribution in [-0.2, 0) is 6.54 Å². The monoisotopic (exact) mass is 203 g/mol. The highest BCUT2D eigenvalue weighted by Crippen LogP contribution is 2.09. The Morgan fingerprint density at radius 2 is 2.33 bits per heavy atom. The zero-order valence-electron chi connectivity index (χ0n) is 8.51. The van der Waals surface area contributed by atoms with Crippen LogP contribution in [0.3, 0.4) is 0 Å². The summed E-state index contributed by atoms with van der Waals surface area (Å²) in [6, 6.07) is 0.255. The van der Waals surface area contributed by atoms with Gasteiger partial charge in [-0.05, 0) is 6.92 Å². The maximum atomic E-state index is 4.18. The zero-order chi connectivity index (χ0) is 10.5. The second kappa shape index (κ2) is 4.65. The number of rotatable bonds is 4. The second-order valence-electron chi connectivity index (χ2n) is 3.33. The molecule has 0 aromatic carbocycles. The molecule has 0 spiro atoms. The highest BCUT2D eigenvalue weighted by Gasteiger charge is 2.05. The van der Waals surface area contributed by atoms with E-state index in [4.69, 9.17) is 0 Å². The molecule has 2 aromatic heterocycles. The van der Waals surface area contributed by atoms with Crippen molar-refractivity contribution < 1.29 is 0 Å². The highest BCUT2D eigenvalue weighted by atomic mass is 15.1. The number of hydrogen-bond acceptors (Lipinski definition) is 4. The van der Waals surface area contributed by atoms with Crippen molar-refractivity contribution in [3.05, 3.63) is 42.2 Å². The average molecular weight is 203 g/mol.